The zero-order valence-corrected chi connectivity index (χ0v) is 13.5. The highest BCUT2D eigenvalue weighted by Crippen LogP contribution is 2.02. The molecule has 1 aromatic heterocycles. The molecule has 0 aliphatic carbocycles. The van der Waals surface area contributed by atoms with E-state index < -0.39 is 11.2 Å². The fourth-order valence-corrected chi connectivity index (χ4v) is 1.75. The molecule has 0 bridgehead atoms. The van der Waals surface area contributed by atoms with Gasteiger partial charge in [0.25, 0.3) is 5.56 Å². The topological polar surface area (TPSA) is 84.0 Å². The lowest BCUT2D eigenvalue weighted by Gasteiger charge is -2.08. The third-order valence-electron chi connectivity index (χ3n) is 3.07. The SMILES string of the molecule is CC(C)CCC(=O)NCC#Cc1cn(C(C)C)c(=O)[nH]c1=O. The Morgan fingerprint density at radius 2 is 2.00 bits per heavy atom. The Balaban J connectivity index is 2.69. The van der Waals surface area contributed by atoms with Gasteiger partial charge >= 0.3 is 5.69 Å². The van der Waals surface area contributed by atoms with E-state index in [0.717, 1.165) is 6.42 Å². The molecule has 0 aromatic carbocycles. The molecule has 0 saturated heterocycles. The number of nitrogens with zero attached hydrogens (tertiary/aromatic N) is 1. The molecule has 1 heterocycles. The first kappa shape index (κ1) is 17.8. The molecule has 1 amide bonds. The lowest BCUT2D eigenvalue weighted by atomic mass is 10.1. The molecule has 1 aromatic rings. The van der Waals surface area contributed by atoms with Crippen molar-refractivity contribution in [2.75, 3.05) is 6.54 Å². The summed E-state index contributed by atoms with van der Waals surface area (Å²) in [4.78, 5) is 37.0. The maximum Gasteiger partial charge on any atom is 0.328 e. The minimum absolute atomic E-state index is 0.0518. The summed E-state index contributed by atoms with van der Waals surface area (Å²) < 4.78 is 1.41. The molecule has 0 aliphatic rings. The standard InChI is InChI=1S/C16H23N3O3/c1-11(2)7-8-14(20)17-9-5-6-13-10-19(12(3)4)16(22)18-15(13)21/h10-12H,7-9H2,1-4H3,(H,17,20)(H,18,21,22). The van der Waals surface area contributed by atoms with Crippen LogP contribution in [0, 0.1) is 17.8 Å². The molecule has 2 N–H and O–H groups in total. The van der Waals surface area contributed by atoms with Crippen molar-refractivity contribution in [1.82, 2.24) is 14.9 Å². The number of H-pyrrole nitrogens is 1. The van der Waals surface area contributed by atoms with Gasteiger partial charge in [0.05, 0.1) is 6.54 Å². The summed E-state index contributed by atoms with van der Waals surface area (Å²) in [5, 5.41) is 2.68. The summed E-state index contributed by atoms with van der Waals surface area (Å²) in [6.07, 6.45) is 2.75. The number of hydrogen-bond donors (Lipinski definition) is 2. The minimum atomic E-state index is -0.513. The van der Waals surface area contributed by atoms with E-state index in [0.29, 0.717) is 12.3 Å². The lowest BCUT2D eigenvalue weighted by molar-refractivity contribution is -0.121. The quantitative estimate of drug-likeness (QED) is 0.797. The van der Waals surface area contributed by atoms with Crippen molar-refractivity contribution in [1.29, 1.82) is 0 Å². The first-order valence-electron chi connectivity index (χ1n) is 7.42. The fraction of sp³-hybridized carbons (Fsp3) is 0.562. The fourth-order valence-electron chi connectivity index (χ4n) is 1.75. The molecular formula is C16H23N3O3. The molecule has 120 valence electrons. The van der Waals surface area contributed by atoms with Crippen molar-refractivity contribution in [2.45, 2.75) is 46.6 Å². The maximum atomic E-state index is 11.7. The number of nitrogens with one attached hydrogen (secondary N) is 2. The van der Waals surface area contributed by atoms with Crippen LogP contribution in [0.4, 0.5) is 0 Å². The first-order valence-corrected chi connectivity index (χ1v) is 7.42. The Morgan fingerprint density at radius 1 is 1.32 bits per heavy atom. The Kier molecular flexibility index (Phi) is 6.64. The van der Waals surface area contributed by atoms with Crippen molar-refractivity contribution in [2.24, 2.45) is 5.92 Å². The molecule has 0 saturated carbocycles. The van der Waals surface area contributed by atoms with Gasteiger partial charge in [0.1, 0.15) is 5.56 Å². The van der Waals surface area contributed by atoms with Crippen LogP contribution in [0.25, 0.3) is 0 Å². The second-order valence-corrected chi connectivity index (χ2v) is 5.81. The van der Waals surface area contributed by atoms with Crippen LogP contribution in [0.15, 0.2) is 15.8 Å². The molecule has 0 spiro atoms. The van der Waals surface area contributed by atoms with Gasteiger partial charge in [-0.1, -0.05) is 25.7 Å². The molecule has 6 nitrogen and oxygen atoms in total. The van der Waals surface area contributed by atoms with Gasteiger partial charge in [-0.05, 0) is 26.2 Å². The van der Waals surface area contributed by atoms with Gasteiger partial charge in [-0.3, -0.25) is 19.1 Å². The first-order chi connectivity index (χ1) is 10.3. The van der Waals surface area contributed by atoms with Crippen LogP contribution < -0.4 is 16.6 Å². The van der Waals surface area contributed by atoms with Crippen molar-refractivity contribution in [3.63, 3.8) is 0 Å². The number of carbonyl (C=O) groups is 1. The Morgan fingerprint density at radius 3 is 2.59 bits per heavy atom. The molecule has 1 rings (SSSR count). The molecular weight excluding hydrogens is 282 g/mol. The van der Waals surface area contributed by atoms with Crippen LogP contribution >= 0.6 is 0 Å². The van der Waals surface area contributed by atoms with Gasteiger partial charge in [-0.15, -0.1) is 0 Å². The number of aromatic amines is 1. The normalized spacial score (nSPS) is 10.5. The average Bonchev–Trinajstić information content (AvgIpc) is 2.42. The molecule has 0 fully saturated rings. The van der Waals surface area contributed by atoms with Crippen molar-refractivity contribution in [3.05, 3.63) is 32.6 Å². The molecule has 0 unspecified atom stereocenters. The smallest absolute Gasteiger partial charge is 0.328 e. The monoisotopic (exact) mass is 305 g/mol. The number of rotatable bonds is 5. The highest BCUT2D eigenvalue weighted by Gasteiger charge is 2.05. The van der Waals surface area contributed by atoms with E-state index in [1.807, 2.05) is 13.8 Å². The zero-order chi connectivity index (χ0) is 16.7. The van der Waals surface area contributed by atoms with Crippen LogP contribution in [-0.4, -0.2) is 22.0 Å². The summed E-state index contributed by atoms with van der Waals surface area (Å²) in [6.45, 7) is 7.97. The van der Waals surface area contributed by atoms with Crippen LogP contribution in [0.3, 0.4) is 0 Å². The highest BCUT2D eigenvalue weighted by atomic mass is 16.2. The molecule has 6 heteroatoms. The van der Waals surface area contributed by atoms with Crippen LogP contribution in [0.5, 0.6) is 0 Å². The predicted molar refractivity (Wildman–Crippen MR) is 85.7 cm³/mol. The Labute approximate surface area is 129 Å². The third kappa shape index (κ3) is 5.60. The van der Waals surface area contributed by atoms with Crippen molar-refractivity contribution < 1.29 is 4.79 Å². The Bertz CT molecular complexity index is 687. The molecule has 0 radical (unpaired) electrons. The largest absolute Gasteiger partial charge is 0.345 e. The number of carbonyl (C=O) groups excluding carboxylic acids is 1. The van der Waals surface area contributed by atoms with Gasteiger partial charge in [-0.25, -0.2) is 4.79 Å². The van der Waals surface area contributed by atoms with Gasteiger partial charge in [0.2, 0.25) is 5.91 Å². The maximum absolute atomic E-state index is 11.7. The number of hydrogen-bond acceptors (Lipinski definition) is 3. The summed E-state index contributed by atoms with van der Waals surface area (Å²) >= 11 is 0. The Hall–Kier alpha value is -2.29. The molecule has 0 aliphatic heterocycles. The van der Waals surface area contributed by atoms with E-state index in [1.54, 1.807) is 0 Å². The van der Waals surface area contributed by atoms with Gasteiger partial charge < -0.3 is 5.32 Å². The minimum Gasteiger partial charge on any atom is -0.345 e. The average molecular weight is 305 g/mol. The number of amides is 1. The van der Waals surface area contributed by atoms with E-state index in [-0.39, 0.29) is 24.1 Å². The summed E-state index contributed by atoms with van der Waals surface area (Å²) in [7, 11) is 0. The molecule has 0 atom stereocenters. The van der Waals surface area contributed by atoms with E-state index in [9.17, 15) is 14.4 Å². The van der Waals surface area contributed by atoms with E-state index in [4.69, 9.17) is 0 Å². The highest BCUT2D eigenvalue weighted by molar-refractivity contribution is 5.76. The number of aromatic nitrogens is 2. The van der Waals surface area contributed by atoms with Crippen LogP contribution in [0.1, 0.15) is 52.1 Å². The van der Waals surface area contributed by atoms with Crippen molar-refractivity contribution in [3.8, 4) is 11.8 Å². The van der Waals surface area contributed by atoms with E-state index in [2.05, 4.69) is 36.0 Å². The van der Waals surface area contributed by atoms with Crippen LogP contribution in [0.2, 0.25) is 0 Å². The van der Waals surface area contributed by atoms with Gasteiger partial charge in [0, 0.05) is 18.7 Å². The van der Waals surface area contributed by atoms with Crippen molar-refractivity contribution >= 4 is 5.91 Å². The summed E-state index contributed by atoms with van der Waals surface area (Å²) in [5.41, 5.74) is -0.752. The van der Waals surface area contributed by atoms with E-state index in [1.165, 1.54) is 10.8 Å². The summed E-state index contributed by atoms with van der Waals surface area (Å²) in [6, 6.07) is -0.0689. The summed E-state index contributed by atoms with van der Waals surface area (Å²) in [5.74, 6) is 5.84. The third-order valence-corrected chi connectivity index (χ3v) is 3.07. The zero-order valence-electron chi connectivity index (χ0n) is 13.5. The predicted octanol–water partition coefficient (Wildman–Crippen LogP) is 1.02. The van der Waals surface area contributed by atoms with Gasteiger partial charge in [0.15, 0.2) is 0 Å². The second kappa shape index (κ2) is 8.23. The lowest BCUT2D eigenvalue weighted by Crippen LogP contribution is -2.32. The van der Waals surface area contributed by atoms with Gasteiger partial charge in [-0.2, -0.15) is 0 Å². The van der Waals surface area contributed by atoms with Crippen LogP contribution in [-0.2, 0) is 4.79 Å². The molecule has 22 heavy (non-hydrogen) atoms. The second-order valence-electron chi connectivity index (χ2n) is 5.81. The van der Waals surface area contributed by atoms with E-state index >= 15 is 0 Å².